The molecule has 12 unspecified atom stereocenters. The highest BCUT2D eigenvalue weighted by Crippen LogP contribution is 2.61. The number of ether oxygens (including phenoxy) is 3. The van der Waals surface area contributed by atoms with E-state index in [-0.39, 0.29) is 29.8 Å². The van der Waals surface area contributed by atoms with Gasteiger partial charge in [0.2, 0.25) is 0 Å². The van der Waals surface area contributed by atoms with Gasteiger partial charge in [0.05, 0.1) is 19.3 Å². The first-order valence-electron chi connectivity index (χ1n) is 28.1. The average molecular weight is 910 g/mol. The van der Waals surface area contributed by atoms with Gasteiger partial charge in [-0.25, -0.2) is 0 Å². The van der Waals surface area contributed by atoms with Gasteiger partial charge in [-0.3, -0.25) is 0 Å². The fourth-order valence-electron chi connectivity index (χ4n) is 11.2. The van der Waals surface area contributed by atoms with E-state index in [1.54, 1.807) is 0 Å². The minimum atomic E-state index is -0.616. The van der Waals surface area contributed by atoms with E-state index >= 15 is 0 Å². The Hall–Kier alpha value is 0.150. The molecule has 0 spiro atoms. The smallest absolute Gasteiger partial charge is 0.184 e. The van der Waals surface area contributed by atoms with E-state index in [0.29, 0.717) is 36.2 Å². The van der Waals surface area contributed by atoms with Gasteiger partial charge in [-0.1, -0.05) is 223 Å². The van der Waals surface area contributed by atoms with Crippen molar-refractivity contribution >= 4 is 12.6 Å². The lowest BCUT2D eigenvalue weighted by atomic mass is 9.85. The molecule has 0 bridgehead atoms. The number of unbranched alkanes of at least 4 members (excludes halogenated alkanes) is 12. The third kappa shape index (κ3) is 26.5. The van der Waals surface area contributed by atoms with Crippen molar-refractivity contribution in [3.63, 3.8) is 0 Å². The van der Waals surface area contributed by atoms with Crippen LogP contribution < -0.4 is 0 Å². The Kier molecular flexibility index (Phi) is 34.0. The predicted octanol–water partition coefficient (Wildman–Crippen LogP) is 16.3. The minimum Gasteiger partial charge on any atom is -0.396 e. The average Bonchev–Trinajstić information content (AvgIpc) is 3.98. The summed E-state index contributed by atoms with van der Waals surface area (Å²) in [7, 11) is 0. The number of hydrogen-bond donors (Lipinski definition) is 3. The van der Waals surface area contributed by atoms with Crippen LogP contribution in [0.25, 0.3) is 0 Å². The molecule has 63 heavy (non-hydrogen) atoms. The van der Waals surface area contributed by atoms with Crippen molar-refractivity contribution in [3.05, 3.63) is 0 Å². The first kappa shape index (κ1) is 59.3. The predicted molar refractivity (Wildman–Crippen MR) is 276 cm³/mol. The second kappa shape index (κ2) is 36.2. The summed E-state index contributed by atoms with van der Waals surface area (Å²) in [5.41, 5.74) is 0. The van der Waals surface area contributed by atoms with E-state index < -0.39 is 12.4 Å². The van der Waals surface area contributed by atoms with Gasteiger partial charge in [0, 0.05) is 24.4 Å². The largest absolute Gasteiger partial charge is 0.396 e. The number of hydrogen-bond acceptors (Lipinski definition) is 6. The lowest BCUT2D eigenvalue weighted by molar-refractivity contribution is -0.249. The molecular formula is C57H112O5S. The first-order chi connectivity index (χ1) is 30.3. The monoisotopic (exact) mass is 909 g/mol. The van der Waals surface area contributed by atoms with Gasteiger partial charge in [0.25, 0.3) is 0 Å². The van der Waals surface area contributed by atoms with Crippen molar-refractivity contribution in [1.82, 2.24) is 0 Å². The fourth-order valence-corrected chi connectivity index (χ4v) is 11.5. The second-order valence-electron chi connectivity index (χ2n) is 22.9. The molecule has 1 saturated heterocycles. The quantitative estimate of drug-likeness (QED) is 0.0420. The fraction of sp³-hybridized carbons (Fsp3) is 1.00. The van der Waals surface area contributed by atoms with Crippen molar-refractivity contribution in [2.24, 2.45) is 65.1 Å². The maximum absolute atomic E-state index is 11.7. The number of rotatable bonds is 43. The second-order valence-corrected chi connectivity index (χ2v) is 23.7. The van der Waals surface area contributed by atoms with Crippen molar-refractivity contribution < 1.29 is 24.4 Å². The molecule has 0 radical (unpaired) electrons. The summed E-state index contributed by atoms with van der Waals surface area (Å²) >= 11 is 4.93. The van der Waals surface area contributed by atoms with Gasteiger partial charge < -0.3 is 24.4 Å². The molecule has 2 rings (SSSR count). The molecule has 2 aliphatic rings. The maximum Gasteiger partial charge on any atom is 0.184 e. The summed E-state index contributed by atoms with van der Waals surface area (Å²) in [4.78, 5) is 0. The van der Waals surface area contributed by atoms with Crippen LogP contribution in [-0.4, -0.2) is 60.4 Å². The summed E-state index contributed by atoms with van der Waals surface area (Å²) in [6, 6.07) is 0. The van der Waals surface area contributed by atoms with Crippen LogP contribution in [0.1, 0.15) is 249 Å². The normalized spacial score (nSPS) is 24.6. The Balaban J connectivity index is 1.78. The molecule has 2 N–H and O–H groups in total. The lowest BCUT2D eigenvalue weighted by Crippen LogP contribution is -2.43. The molecule has 1 saturated carbocycles. The summed E-state index contributed by atoms with van der Waals surface area (Å²) in [6.45, 7) is 25.6. The molecule has 0 amide bonds. The molecule has 0 aromatic heterocycles. The van der Waals surface area contributed by atoms with E-state index in [9.17, 15) is 10.2 Å². The standard InChI is InChI=1S/C57H112O5S/c1-11-49(40-58)39-51(48(10)63)53-54-52(12-2)62-57(56(59)55(53)54)61-42-50(36-25-23-21-19-17-15-13-14-16-18-20-22-24-29-43(3)4)41-60-38-37-47(9)35-28-34-46(8)33-27-32-45(7)31-26-30-44(5)6/h43-59,63H,11-42H2,1-10H3/t45?,46?,47?,48-,49?,50?,51?,52?,53?,54?,55?,56?,57?/m1/s1. The molecule has 376 valence electrons. The summed E-state index contributed by atoms with van der Waals surface area (Å²) < 4.78 is 19.6. The number of fused-ring (bicyclic) bond motifs is 1. The third-order valence-electron chi connectivity index (χ3n) is 15.8. The van der Waals surface area contributed by atoms with Gasteiger partial charge in [-0.2, -0.15) is 12.6 Å². The summed E-state index contributed by atoms with van der Waals surface area (Å²) in [5, 5.41) is 21.9. The first-order valence-corrected chi connectivity index (χ1v) is 28.7. The van der Waals surface area contributed by atoms with Crippen LogP contribution in [0.5, 0.6) is 0 Å². The zero-order chi connectivity index (χ0) is 46.4. The van der Waals surface area contributed by atoms with Crippen molar-refractivity contribution in [2.45, 2.75) is 273 Å². The summed E-state index contributed by atoms with van der Waals surface area (Å²) in [6.07, 6.45) is 35.6. The van der Waals surface area contributed by atoms with Crippen LogP contribution in [0.4, 0.5) is 0 Å². The van der Waals surface area contributed by atoms with Crippen molar-refractivity contribution in [1.29, 1.82) is 0 Å². The number of aliphatic hydroxyl groups excluding tert-OH is 2. The Labute approximate surface area is 399 Å². The van der Waals surface area contributed by atoms with E-state index in [0.717, 1.165) is 69.0 Å². The Morgan fingerprint density at radius 1 is 0.540 bits per heavy atom. The molecule has 6 heteroatoms. The zero-order valence-electron chi connectivity index (χ0n) is 43.9. The summed E-state index contributed by atoms with van der Waals surface area (Å²) in [5.74, 6) is 5.98. The van der Waals surface area contributed by atoms with E-state index in [4.69, 9.17) is 26.8 Å². The van der Waals surface area contributed by atoms with E-state index in [1.165, 1.54) is 148 Å². The lowest BCUT2D eigenvalue weighted by Gasteiger charge is -2.33. The van der Waals surface area contributed by atoms with Gasteiger partial charge in [-0.05, 0) is 84.9 Å². The molecule has 1 aliphatic heterocycles. The zero-order valence-corrected chi connectivity index (χ0v) is 44.7. The number of aliphatic hydroxyl groups is 2. The highest BCUT2D eigenvalue weighted by atomic mass is 32.1. The molecule has 0 aromatic carbocycles. The molecular weight excluding hydrogens is 797 g/mol. The Morgan fingerprint density at radius 3 is 1.46 bits per heavy atom. The molecule has 0 aromatic rings. The maximum atomic E-state index is 11.7. The van der Waals surface area contributed by atoms with E-state index in [2.05, 4.69) is 69.2 Å². The topological polar surface area (TPSA) is 68.2 Å². The van der Waals surface area contributed by atoms with Crippen molar-refractivity contribution in [2.75, 3.05) is 26.4 Å². The minimum absolute atomic E-state index is 0.101. The molecule has 1 heterocycles. The van der Waals surface area contributed by atoms with Gasteiger partial charge in [0.1, 0.15) is 6.10 Å². The van der Waals surface area contributed by atoms with Crippen LogP contribution >= 0.6 is 12.6 Å². The Morgan fingerprint density at radius 2 is 1.00 bits per heavy atom. The van der Waals surface area contributed by atoms with E-state index in [1.807, 2.05) is 0 Å². The number of thiol groups is 1. The van der Waals surface area contributed by atoms with Gasteiger partial charge in [-0.15, -0.1) is 0 Å². The SMILES string of the molecule is CCC(CO)CC(C1C2C(CC)OC(OCC(CCCCCCCCCCCCCCCC(C)C)COCCC(C)CCCC(C)CCCC(C)CCCC(C)C)C(O)C21)[C@@H](C)S. The highest BCUT2D eigenvalue weighted by molar-refractivity contribution is 7.80. The highest BCUT2D eigenvalue weighted by Gasteiger charge is 2.65. The molecule has 2 fully saturated rings. The van der Waals surface area contributed by atoms with Crippen molar-refractivity contribution in [3.8, 4) is 0 Å². The Bertz CT molecular complexity index is 1030. The van der Waals surface area contributed by atoms with Gasteiger partial charge >= 0.3 is 0 Å². The third-order valence-corrected chi connectivity index (χ3v) is 16.2. The van der Waals surface area contributed by atoms with Crippen LogP contribution in [-0.2, 0) is 14.2 Å². The van der Waals surface area contributed by atoms with Crippen LogP contribution in [0, 0.1) is 65.1 Å². The van der Waals surface area contributed by atoms with Crippen LogP contribution in [0.2, 0.25) is 0 Å². The molecule has 5 nitrogen and oxygen atoms in total. The van der Waals surface area contributed by atoms with Gasteiger partial charge in [0.15, 0.2) is 6.29 Å². The molecule has 13 atom stereocenters. The molecule has 1 aliphatic carbocycles. The van der Waals surface area contributed by atoms with Crippen LogP contribution in [0.15, 0.2) is 0 Å². The van der Waals surface area contributed by atoms with Crippen LogP contribution in [0.3, 0.4) is 0 Å².